The van der Waals surface area contributed by atoms with Crippen LogP contribution in [0, 0.1) is 13.8 Å². The molecule has 1 amide bonds. The van der Waals surface area contributed by atoms with Crippen LogP contribution in [0.4, 0.5) is 0 Å². The van der Waals surface area contributed by atoms with E-state index in [-0.39, 0.29) is 11.9 Å². The minimum absolute atomic E-state index is 0.00425. The van der Waals surface area contributed by atoms with E-state index in [1.165, 1.54) is 11.8 Å². The highest BCUT2D eigenvalue weighted by molar-refractivity contribution is 7.99. The Bertz CT molecular complexity index is 635. The van der Waals surface area contributed by atoms with Gasteiger partial charge in [-0.05, 0) is 48.7 Å². The quantitative estimate of drug-likeness (QED) is 0.827. The van der Waals surface area contributed by atoms with Crippen LogP contribution in [0.3, 0.4) is 0 Å². The lowest BCUT2D eigenvalue weighted by molar-refractivity contribution is -0.119. The molecule has 0 saturated carbocycles. The van der Waals surface area contributed by atoms with Crippen molar-refractivity contribution in [1.29, 1.82) is 0 Å². The van der Waals surface area contributed by atoms with E-state index in [1.54, 1.807) is 4.68 Å². The van der Waals surface area contributed by atoms with Gasteiger partial charge < -0.3 is 5.32 Å². The Kier molecular flexibility index (Phi) is 5.54. The van der Waals surface area contributed by atoms with E-state index >= 15 is 0 Å². The Labute approximate surface area is 134 Å². The summed E-state index contributed by atoms with van der Waals surface area (Å²) in [5, 5.41) is 15.4. The van der Waals surface area contributed by atoms with Gasteiger partial charge in [0.25, 0.3) is 0 Å². The Hall–Kier alpha value is -1.89. The minimum Gasteiger partial charge on any atom is -0.353 e. The van der Waals surface area contributed by atoms with Gasteiger partial charge in [-0.25, -0.2) is 0 Å². The Morgan fingerprint density at radius 2 is 2.05 bits per heavy atom. The number of amides is 1. The van der Waals surface area contributed by atoms with Gasteiger partial charge in [0.05, 0.1) is 11.4 Å². The molecule has 7 heteroatoms. The molecule has 6 nitrogen and oxygen atoms in total. The lowest BCUT2D eigenvalue weighted by Crippen LogP contribution is -2.33. The molecule has 0 fully saturated rings. The molecular weight excluding hydrogens is 298 g/mol. The maximum absolute atomic E-state index is 11.9. The third-order valence-electron chi connectivity index (χ3n) is 3.44. The lowest BCUT2D eigenvalue weighted by atomic mass is 10.1. The van der Waals surface area contributed by atoms with E-state index in [0.29, 0.717) is 10.9 Å². The first-order valence-corrected chi connectivity index (χ1v) is 8.28. The normalized spacial score (nSPS) is 12.2. The third kappa shape index (κ3) is 3.85. The fourth-order valence-corrected chi connectivity index (χ4v) is 2.79. The third-order valence-corrected chi connectivity index (χ3v) is 4.36. The molecule has 0 saturated heterocycles. The van der Waals surface area contributed by atoms with Crippen molar-refractivity contribution >= 4 is 17.7 Å². The number of hydrogen-bond acceptors (Lipinski definition) is 5. The molecule has 0 radical (unpaired) electrons. The molecule has 0 spiro atoms. The number of nitrogens with zero attached hydrogens (tertiary/aromatic N) is 4. The predicted molar refractivity (Wildman–Crippen MR) is 87.2 cm³/mol. The molecule has 1 aromatic carbocycles. The first kappa shape index (κ1) is 16.5. The fraction of sp³-hybridized carbons (Fsp3) is 0.467. The van der Waals surface area contributed by atoms with Gasteiger partial charge in [-0.15, -0.1) is 5.10 Å². The number of aromatic nitrogens is 4. The second kappa shape index (κ2) is 7.40. The molecule has 1 atom stereocenters. The summed E-state index contributed by atoms with van der Waals surface area (Å²) in [5.74, 6) is 0.297. The zero-order chi connectivity index (χ0) is 16.1. The number of rotatable bonds is 6. The summed E-state index contributed by atoms with van der Waals surface area (Å²) in [5.41, 5.74) is 3.16. The van der Waals surface area contributed by atoms with Crippen molar-refractivity contribution in [2.45, 2.75) is 45.3 Å². The Balaban J connectivity index is 2.12. The molecule has 1 aromatic heterocycles. The van der Waals surface area contributed by atoms with Crippen molar-refractivity contribution in [1.82, 2.24) is 25.5 Å². The summed E-state index contributed by atoms with van der Waals surface area (Å²) < 4.78 is 1.70. The van der Waals surface area contributed by atoms with Gasteiger partial charge >= 0.3 is 0 Å². The van der Waals surface area contributed by atoms with Crippen LogP contribution in [0.2, 0.25) is 0 Å². The number of benzene rings is 1. The maximum atomic E-state index is 11.9. The molecule has 0 bridgehead atoms. The Morgan fingerprint density at radius 3 is 2.68 bits per heavy atom. The van der Waals surface area contributed by atoms with Crippen molar-refractivity contribution < 1.29 is 4.79 Å². The van der Waals surface area contributed by atoms with Gasteiger partial charge in [-0.1, -0.05) is 36.9 Å². The van der Waals surface area contributed by atoms with Gasteiger partial charge in [0, 0.05) is 6.04 Å². The van der Waals surface area contributed by atoms with Crippen LogP contribution in [0.1, 0.15) is 31.4 Å². The fourth-order valence-electron chi connectivity index (χ4n) is 2.10. The summed E-state index contributed by atoms with van der Waals surface area (Å²) in [6.07, 6.45) is 0.913. The highest BCUT2D eigenvalue weighted by Gasteiger charge is 2.15. The second-order valence-corrected chi connectivity index (χ2v) is 6.22. The predicted octanol–water partition coefficient (Wildman–Crippen LogP) is 2.29. The van der Waals surface area contributed by atoms with Gasteiger partial charge in [-0.2, -0.15) is 4.68 Å². The monoisotopic (exact) mass is 319 g/mol. The number of aryl methyl sites for hydroxylation is 2. The Morgan fingerprint density at radius 1 is 1.36 bits per heavy atom. The van der Waals surface area contributed by atoms with Crippen LogP contribution in [-0.4, -0.2) is 37.9 Å². The molecule has 2 aromatic rings. The van der Waals surface area contributed by atoms with E-state index in [4.69, 9.17) is 0 Å². The molecule has 0 unspecified atom stereocenters. The van der Waals surface area contributed by atoms with Crippen LogP contribution in [0.5, 0.6) is 0 Å². The summed E-state index contributed by atoms with van der Waals surface area (Å²) in [7, 11) is 0. The smallest absolute Gasteiger partial charge is 0.230 e. The number of hydrogen-bond donors (Lipinski definition) is 1. The first-order chi connectivity index (χ1) is 10.5. The number of tetrazole rings is 1. The molecular formula is C15H21N5OS. The van der Waals surface area contributed by atoms with Gasteiger partial charge in [0.2, 0.25) is 11.1 Å². The number of nitrogens with one attached hydrogen (secondary N) is 1. The van der Waals surface area contributed by atoms with E-state index < -0.39 is 0 Å². The van der Waals surface area contributed by atoms with Crippen molar-refractivity contribution in [2.75, 3.05) is 5.75 Å². The van der Waals surface area contributed by atoms with Crippen molar-refractivity contribution in [3.63, 3.8) is 0 Å². The zero-order valence-corrected chi connectivity index (χ0v) is 14.1. The van der Waals surface area contributed by atoms with Gasteiger partial charge in [-0.3, -0.25) is 4.79 Å². The van der Waals surface area contributed by atoms with E-state index in [0.717, 1.165) is 23.2 Å². The largest absolute Gasteiger partial charge is 0.353 e. The second-order valence-electron chi connectivity index (χ2n) is 5.28. The van der Waals surface area contributed by atoms with Crippen molar-refractivity contribution in [3.05, 3.63) is 29.3 Å². The lowest BCUT2D eigenvalue weighted by Gasteiger charge is -2.12. The highest BCUT2D eigenvalue weighted by Crippen LogP contribution is 2.23. The average molecular weight is 319 g/mol. The van der Waals surface area contributed by atoms with Crippen LogP contribution >= 0.6 is 11.8 Å². The number of thioether (sulfide) groups is 1. The SMILES string of the molecule is CC[C@@H](C)NC(=O)CSc1nnnn1-c1c(C)cccc1C. The molecule has 1 N–H and O–H groups in total. The van der Waals surface area contributed by atoms with Gasteiger partial charge in [0.1, 0.15) is 0 Å². The summed E-state index contributed by atoms with van der Waals surface area (Å²) in [6.45, 7) is 8.07. The average Bonchev–Trinajstić information content (AvgIpc) is 2.93. The summed E-state index contributed by atoms with van der Waals surface area (Å²) in [4.78, 5) is 11.9. The molecule has 1 heterocycles. The van der Waals surface area contributed by atoms with E-state index in [2.05, 4.69) is 20.8 Å². The number of carbonyl (C=O) groups is 1. The highest BCUT2D eigenvalue weighted by atomic mass is 32.2. The molecule has 118 valence electrons. The van der Waals surface area contributed by atoms with E-state index in [9.17, 15) is 4.79 Å². The van der Waals surface area contributed by atoms with Crippen molar-refractivity contribution in [2.24, 2.45) is 0 Å². The summed E-state index contributed by atoms with van der Waals surface area (Å²) in [6, 6.07) is 6.23. The topological polar surface area (TPSA) is 72.7 Å². The molecule has 0 aliphatic heterocycles. The standard InChI is InChI=1S/C15H21N5OS/c1-5-12(4)16-13(21)9-22-15-17-18-19-20(15)14-10(2)7-6-8-11(14)3/h6-8,12H,5,9H2,1-4H3,(H,16,21)/t12-/m1/s1. The molecule has 0 aliphatic rings. The van der Waals surface area contributed by atoms with Crippen LogP contribution in [0.15, 0.2) is 23.4 Å². The maximum Gasteiger partial charge on any atom is 0.230 e. The molecule has 0 aliphatic carbocycles. The first-order valence-electron chi connectivity index (χ1n) is 7.30. The zero-order valence-electron chi connectivity index (χ0n) is 13.3. The summed E-state index contributed by atoms with van der Waals surface area (Å²) >= 11 is 1.34. The van der Waals surface area contributed by atoms with Crippen LogP contribution in [0.25, 0.3) is 5.69 Å². The minimum atomic E-state index is -0.00425. The van der Waals surface area contributed by atoms with Crippen LogP contribution < -0.4 is 5.32 Å². The van der Waals surface area contributed by atoms with E-state index in [1.807, 2.05) is 45.9 Å². The number of carbonyl (C=O) groups excluding carboxylic acids is 1. The van der Waals surface area contributed by atoms with Gasteiger partial charge in [0.15, 0.2) is 0 Å². The molecule has 22 heavy (non-hydrogen) atoms. The number of para-hydroxylation sites is 1. The van der Waals surface area contributed by atoms with Crippen LogP contribution in [-0.2, 0) is 4.79 Å². The van der Waals surface area contributed by atoms with Crippen molar-refractivity contribution in [3.8, 4) is 5.69 Å². The molecule has 2 rings (SSSR count).